The maximum absolute atomic E-state index is 13.8. The van der Waals surface area contributed by atoms with Gasteiger partial charge in [0.1, 0.15) is 5.82 Å². The van der Waals surface area contributed by atoms with Gasteiger partial charge in [-0.15, -0.1) is 0 Å². The summed E-state index contributed by atoms with van der Waals surface area (Å²) in [5.41, 5.74) is 1.10. The fourth-order valence-electron chi connectivity index (χ4n) is 3.24. The van der Waals surface area contributed by atoms with E-state index in [4.69, 9.17) is 16.1 Å². The number of piperazine rings is 1. The number of aryl methyl sites for hydroxylation is 1. The van der Waals surface area contributed by atoms with E-state index in [0.717, 1.165) is 0 Å². The van der Waals surface area contributed by atoms with Gasteiger partial charge in [0.15, 0.2) is 0 Å². The fraction of sp³-hybridized carbons (Fsp3) is 0.300. The molecule has 3 aromatic rings. The van der Waals surface area contributed by atoms with Gasteiger partial charge in [-0.2, -0.15) is 9.29 Å². The summed E-state index contributed by atoms with van der Waals surface area (Å²) in [6, 6.07) is 10.9. The summed E-state index contributed by atoms with van der Waals surface area (Å²) in [5, 5.41) is 4.42. The van der Waals surface area contributed by atoms with Crippen molar-refractivity contribution in [1.29, 1.82) is 0 Å². The Morgan fingerprint density at radius 1 is 1.10 bits per heavy atom. The molecule has 2 aromatic carbocycles. The van der Waals surface area contributed by atoms with Crippen molar-refractivity contribution in [2.75, 3.05) is 26.2 Å². The second-order valence-electron chi connectivity index (χ2n) is 7.11. The first-order valence-corrected chi connectivity index (χ1v) is 11.2. The summed E-state index contributed by atoms with van der Waals surface area (Å²) in [7, 11) is -3.55. The van der Waals surface area contributed by atoms with Crippen LogP contribution in [0.2, 0.25) is 5.02 Å². The van der Waals surface area contributed by atoms with Gasteiger partial charge in [-0.25, -0.2) is 12.8 Å². The first-order chi connectivity index (χ1) is 14.3. The molecule has 158 valence electrons. The van der Waals surface area contributed by atoms with Crippen LogP contribution < -0.4 is 0 Å². The Morgan fingerprint density at radius 3 is 2.47 bits per heavy atom. The van der Waals surface area contributed by atoms with Crippen molar-refractivity contribution in [3.05, 3.63) is 64.8 Å². The van der Waals surface area contributed by atoms with Gasteiger partial charge in [0.25, 0.3) is 0 Å². The molecule has 0 atom stereocenters. The molecular weight excluding hydrogens is 431 g/mol. The second-order valence-corrected chi connectivity index (χ2v) is 9.48. The lowest BCUT2D eigenvalue weighted by molar-refractivity contribution is 0.163. The van der Waals surface area contributed by atoms with Gasteiger partial charge in [0, 0.05) is 36.8 Å². The summed E-state index contributed by atoms with van der Waals surface area (Å²) >= 11 is 5.85. The molecule has 1 aliphatic rings. The molecule has 0 bridgehead atoms. The molecule has 7 nitrogen and oxygen atoms in total. The van der Waals surface area contributed by atoms with Crippen molar-refractivity contribution in [1.82, 2.24) is 19.3 Å². The lowest BCUT2D eigenvalue weighted by Crippen LogP contribution is -2.48. The van der Waals surface area contributed by atoms with Gasteiger partial charge in [-0.1, -0.05) is 28.9 Å². The highest BCUT2D eigenvalue weighted by Crippen LogP contribution is 2.22. The molecule has 10 heteroatoms. The van der Waals surface area contributed by atoms with Crippen LogP contribution in [-0.2, 0) is 16.6 Å². The Hall–Kier alpha value is -2.33. The van der Waals surface area contributed by atoms with Gasteiger partial charge in [0.05, 0.1) is 11.4 Å². The van der Waals surface area contributed by atoms with E-state index in [1.807, 2.05) is 4.90 Å². The van der Waals surface area contributed by atoms with Crippen molar-refractivity contribution in [2.45, 2.75) is 18.4 Å². The lowest BCUT2D eigenvalue weighted by Gasteiger charge is -2.33. The number of sulfonamides is 1. The van der Waals surface area contributed by atoms with Crippen LogP contribution in [0.1, 0.15) is 11.5 Å². The van der Waals surface area contributed by atoms with Crippen molar-refractivity contribution >= 4 is 21.6 Å². The van der Waals surface area contributed by atoms with Crippen molar-refractivity contribution in [2.24, 2.45) is 0 Å². The van der Waals surface area contributed by atoms with Gasteiger partial charge in [-0.05, 0) is 42.8 Å². The number of halogens is 2. The van der Waals surface area contributed by atoms with Crippen molar-refractivity contribution in [3.8, 4) is 11.4 Å². The summed E-state index contributed by atoms with van der Waals surface area (Å²) < 4.78 is 46.1. The minimum absolute atomic E-state index is 0.229. The molecule has 0 N–H and O–H groups in total. The smallest absolute Gasteiger partial charge is 0.243 e. The zero-order chi connectivity index (χ0) is 21.3. The Bertz CT molecular complexity index is 1140. The van der Waals surface area contributed by atoms with Gasteiger partial charge in [-0.3, -0.25) is 4.90 Å². The van der Waals surface area contributed by atoms with Crippen molar-refractivity contribution in [3.63, 3.8) is 0 Å². The molecular formula is C20H20ClFN4O3S. The van der Waals surface area contributed by atoms with E-state index >= 15 is 0 Å². The van der Waals surface area contributed by atoms with E-state index in [9.17, 15) is 12.8 Å². The SMILES string of the molecule is Cc1ccc(-c2noc(CN3CCN(S(=O)(=O)c4ccc(Cl)cc4)CC3)n2)cc1F. The number of aromatic nitrogens is 2. The third-order valence-electron chi connectivity index (χ3n) is 5.04. The maximum Gasteiger partial charge on any atom is 0.243 e. The molecule has 0 radical (unpaired) electrons. The van der Waals surface area contributed by atoms with Crippen LogP contribution in [-0.4, -0.2) is 53.9 Å². The third kappa shape index (κ3) is 4.39. The number of hydrogen-bond donors (Lipinski definition) is 0. The highest BCUT2D eigenvalue weighted by atomic mass is 35.5. The summed E-state index contributed by atoms with van der Waals surface area (Å²) in [6.45, 7) is 3.86. The first kappa shape index (κ1) is 20.9. The molecule has 0 amide bonds. The molecule has 4 rings (SSSR count). The molecule has 1 aliphatic heterocycles. The standard InChI is InChI=1S/C20H20ClFN4O3S/c1-14-2-3-15(12-18(14)22)20-23-19(29-24-20)13-25-8-10-26(11-9-25)30(27,28)17-6-4-16(21)5-7-17/h2-7,12H,8-11,13H2,1H3. The predicted octanol–water partition coefficient (Wildman–Crippen LogP) is 3.34. The van der Waals surface area contributed by atoms with Crippen LogP contribution in [0, 0.1) is 12.7 Å². The Morgan fingerprint density at radius 2 is 1.80 bits per heavy atom. The van der Waals surface area contributed by atoms with E-state index in [-0.39, 0.29) is 10.7 Å². The Kier molecular flexibility index (Phi) is 5.88. The number of hydrogen-bond acceptors (Lipinski definition) is 6. The minimum atomic E-state index is -3.55. The van der Waals surface area contributed by atoms with E-state index in [0.29, 0.717) is 60.6 Å². The molecule has 1 aromatic heterocycles. The van der Waals surface area contributed by atoms with Crippen LogP contribution in [0.3, 0.4) is 0 Å². The van der Waals surface area contributed by atoms with Crippen molar-refractivity contribution < 1.29 is 17.3 Å². The monoisotopic (exact) mass is 450 g/mol. The fourth-order valence-corrected chi connectivity index (χ4v) is 4.79. The Balaban J connectivity index is 1.38. The lowest BCUT2D eigenvalue weighted by atomic mass is 10.1. The number of rotatable bonds is 5. The van der Waals surface area contributed by atoms with E-state index in [2.05, 4.69) is 10.1 Å². The molecule has 1 saturated heterocycles. The first-order valence-electron chi connectivity index (χ1n) is 9.40. The second kappa shape index (κ2) is 8.43. The summed E-state index contributed by atoms with van der Waals surface area (Å²) in [4.78, 5) is 6.61. The van der Waals surface area contributed by atoms with Crippen LogP contribution in [0.4, 0.5) is 4.39 Å². The van der Waals surface area contributed by atoms with Crippen LogP contribution in [0.25, 0.3) is 11.4 Å². The van der Waals surface area contributed by atoms with E-state index in [1.165, 1.54) is 22.5 Å². The average molecular weight is 451 g/mol. The molecule has 0 unspecified atom stereocenters. The number of benzene rings is 2. The molecule has 0 spiro atoms. The summed E-state index contributed by atoms with van der Waals surface area (Å²) in [5.74, 6) is 0.407. The zero-order valence-corrected chi connectivity index (χ0v) is 17.8. The van der Waals surface area contributed by atoms with Crippen LogP contribution >= 0.6 is 11.6 Å². The van der Waals surface area contributed by atoms with Crippen LogP contribution in [0.5, 0.6) is 0 Å². The van der Waals surface area contributed by atoms with E-state index < -0.39 is 10.0 Å². The topological polar surface area (TPSA) is 79.5 Å². The molecule has 2 heterocycles. The number of nitrogens with zero attached hydrogens (tertiary/aromatic N) is 4. The average Bonchev–Trinajstić information content (AvgIpc) is 3.19. The molecule has 0 aliphatic carbocycles. The van der Waals surface area contributed by atoms with Crippen LogP contribution in [0.15, 0.2) is 51.9 Å². The largest absolute Gasteiger partial charge is 0.338 e. The minimum Gasteiger partial charge on any atom is -0.338 e. The maximum atomic E-state index is 13.8. The predicted molar refractivity (Wildman–Crippen MR) is 110 cm³/mol. The Labute approximate surface area is 179 Å². The normalized spacial score (nSPS) is 16.1. The van der Waals surface area contributed by atoms with Gasteiger partial charge in [0.2, 0.25) is 21.7 Å². The van der Waals surface area contributed by atoms with E-state index in [1.54, 1.807) is 31.2 Å². The highest BCUT2D eigenvalue weighted by Gasteiger charge is 2.29. The molecule has 0 saturated carbocycles. The third-order valence-corrected chi connectivity index (χ3v) is 7.20. The molecule has 30 heavy (non-hydrogen) atoms. The van der Waals surface area contributed by atoms with Gasteiger partial charge < -0.3 is 4.52 Å². The molecule has 1 fully saturated rings. The van der Waals surface area contributed by atoms with Gasteiger partial charge >= 0.3 is 0 Å². The summed E-state index contributed by atoms with van der Waals surface area (Å²) in [6.07, 6.45) is 0. The quantitative estimate of drug-likeness (QED) is 0.593. The highest BCUT2D eigenvalue weighted by molar-refractivity contribution is 7.89. The zero-order valence-electron chi connectivity index (χ0n) is 16.3.